The molecule has 2 unspecified atom stereocenters. The van der Waals surface area contributed by atoms with Gasteiger partial charge < -0.3 is 39.6 Å². The molecule has 1 aliphatic heterocycles. The minimum Gasteiger partial charge on any atom is -0.494 e. The Kier molecular flexibility index (Phi) is 7.37. The quantitative estimate of drug-likeness (QED) is 0.165. The normalized spacial score (nSPS) is 28.3. The summed E-state index contributed by atoms with van der Waals surface area (Å²) in [7, 11) is -17.1. The summed E-state index contributed by atoms with van der Waals surface area (Å²) in [6.45, 7) is -1.20. The molecule has 8 N–H and O–H groups in total. The number of hydrogen-bond donors (Lipinski definition) is 8. The fraction of sp³-hybridized carbons (Fsp3) is 0.385. The summed E-state index contributed by atoms with van der Waals surface area (Å²) in [6.07, 6.45) is -4.97. The first-order chi connectivity index (χ1) is 16.0. The summed E-state index contributed by atoms with van der Waals surface area (Å²) in [4.78, 5) is 49.6. The minimum atomic E-state index is -5.82. The lowest BCUT2D eigenvalue weighted by atomic mass is 9.90. The van der Waals surface area contributed by atoms with E-state index in [0.29, 0.717) is 0 Å². The number of rotatable bonds is 8. The first-order valence-corrected chi connectivity index (χ1v) is 13.3. The van der Waals surface area contributed by atoms with E-state index in [4.69, 9.17) is 19.4 Å². The highest BCUT2D eigenvalue weighted by Crippen LogP contribution is 2.66. The van der Waals surface area contributed by atoms with Crippen molar-refractivity contribution in [1.29, 1.82) is 5.26 Å². The first-order valence-electron chi connectivity index (χ1n) is 8.82. The van der Waals surface area contributed by atoms with Crippen LogP contribution in [0.3, 0.4) is 0 Å². The zero-order chi connectivity index (χ0) is 26.4. The SMILES string of the molecule is N#C[C@@]1(c2nncc3c(O)[nH]c(=O)cc23)O[C@H](COP(=O)(O)OP(=O)(O)OP(=O)(O)O)[C@@H](O)[C@H]1O. The summed E-state index contributed by atoms with van der Waals surface area (Å²) >= 11 is 0. The molecule has 0 aromatic carbocycles. The number of ether oxygens (including phenoxy) is 1. The second kappa shape index (κ2) is 9.39. The molecule has 1 saturated heterocycles. The van der Waals surface area contributed by atoms with Gasteiger partial charge in [-0.15, -0.1) is 0 Å². The van der Waals surface area contributed by atoms with Crippen LogP contribution < -0.4 is 5.56 Å². The predicted octanol–water partition coefficient (Wildman–Crippen LogP) is -1.79. The molecule has 1 aliphatic rings. The Balaban J connectivity index is 1.88. The standard InChI is InChI=1S/C13H15N4O15P3/c14-4-13(10-5-1-8(18)16-12(21)6(5)2-15-17-10)11(20)9(19)7(30-13)3-29-34(25,26)32-35(27,28)31-33(22,23)24/h1-2,7,9,11,19-20H,3H2,(H,25,26)(H,27,28)(H2,16,18,21)(H2,22,23,24)/t7-,9-,11-,13+/m1/s1. The number of aromatic hydroxyl groups is 1. The van der Waals surface area contributed by atoms with Crippen LogP contribution in [0.4, 0.5) is 0 Å². The highest BCUT2D eigenvalue weighted by molar-refractivity contribution is 7.66. The lowest BCUT2D eigenvalue weighted by Crippen LogP contribution is -2.41. The number of fused-ring (bicyclic) bond motifs is 1. The summed E-state index contributed by atoms with van der Waals surface area (Å²) in [5, 5.41) is 47.5. The van der Waals surface area contributed by atoms with E-state index in [1.165, 1.54) is 0 Å². The number of pyridine rings is 1. The number of phosphoric ester groups is 1. The van der Waals surface area contributed by atoms with Gasteiger partial charge in [-0.05, 0) is 0 Å². The first kappa shape index (κ1) is 27.5. The van der Waals surface area contributed by atoms with Crippen LogP contribution in [0.5, 0.6) is 5.88 Å². The predicted molar refractivity (Wildman–Crippen MR) is 106 cm³/mol. The molecular formula is C13H15N4O15P3. The van der Waals surface area contributed by atoms with Crippen molar-refractivity contribution >= 4 is 34.2 Å². The highest BCUT2D eigenvalue weighted by atomic mass is 31.3. The molecule has 0 spiro atoms. The van der Waals surface area contributed by atoms with Gasteiger partial charge in [0.05, 0.1) is 18.2 Å². The smallest absolute Gasteiger partial charge is 0.490 e. The van der Waals surface area contributed by atoms with Crippen molar-refractivity contribution in [2.24, 2.45) is 0 Å². The van der Waals surface area contributed by atoms with E-state index >= 15 is 0 Å². The topological polar surface area (TPSA) is 312 Å². The Bertz CT molecular complexity index is 1390. The van der Waals surface area contributed by atoms with Crippen LogP contribution in [-0.4, -0.2) is 75.0 Å². The van der Waals surface area contributed by atoms with Crippen molar-refractivity contribution in [3.05, 3.63) is 28.3 Å². The van der Waals surface area contributed by atoms with Gasteiger partial charge in [-0.25, -0.2) is 13.7 Å². The van der Waals surface area contributed by atoms with Crippen molar-refractivity contribution in [3.63, 3.8) is 0 Å². The molecule has 0 radical (unpaired) electrons. The monoisotopic (exact) mass is 560 g/mol. The second-order valence-electron chi connectivity index (χ2n) is 6.83. The average molecular weight is 560 g/mol. The van der Waals surface area contributed by atoms with E-state index in [9.17, 15) is 44.0 Å². The fourth-order valence-corrected chi connectivity index (χ4v) is 6.15. The summed E-state index contributed by atoms with van der Waals surface area (Å²) < 4.78 is 50.8. The van der Waals surface area contributed by atoms with Crippen molar-refractivity contribution in [2.75, 3.05) is 6.61 Å². The number of aromatic nitrogens is 3. The third-order valence-electron chi connectivity index (χ3n) is 4.46. The van der Waals surface area contributed by atoms with E-state index in [0.717, 1.165) is 12.3 Å². The third kappa shape index (κ3) is 5.82. The highest BCUT2D eigenvalue weighted by Gasteiger charge is 2.58. The number of hydrogen-bond acceptors (Lipinski definition) is 14. The number of H-pyrrole nitrogens is 1. The molecule has 35 heavy (non-hydrogen) atoms. The van der Waals surface area contributed by atoms with Crippen LogP contribution >= 0.6 is 23.5 Å². The van der Waals surface area contributed by atoms with E-state index in [1.54, 1.807) is 6.07 Å². The van der Waals surface area contributed by atoms with Crippen LogP contribution in [0.25, 0.3) is 10.8 Å². The molecule has 19 nitrogen and oxygen atoms in total. The van der Waals surface area contributed by atoms with E-state index in [2.05, 4.69) is 28.3 Å². The van der Waals surface area contributed by atoms with Crippen molar-refractivity contribution in [2.45, 2.75) is 23.9 Å². The summed E-state index contributed by atoms with van der Waals surface area (Å²) in [5.74, 6) is -0.658. The number of aromatic amines is 1. The Hall–Kier alpha value is -2.13. The van der Waals surface area contributed by atoms with Crippen LogP contribution in [0.1, 0.15) is 5.69 Å². The van der Waals surface area contributed by atoms with Gasteiger partial charge in [-0.3, -0.25) is 14.3 Å². The van der Waals surface area contributed by atoms with Gasteiger partial charge in [-0.1, -0.05) is 0 Å². The summed E-state index contributed by atoms with van der Waals surface area (Å²) in [5.41, 5.74) is -3.92. The Labute approximate surface area is 192 Å². The van der Waals surface area contributed by atoms with Gasteiger partial charge in [-0.2, -0.15) is 24.1 Å². The van der Waals surface area contributed by atoms with Crippen molar-refractivity contribution in [1.82, 2.24) is 15.2 Å². The van der Waals surface area contributed by atoms with Crippen LogP contribution in [0, 0.1) is 11.3 Å². The molecule has 3 rings (SSSR count). The molecule has 0 saturated carbocycles. The molecule has 6 atom stereocenters. The van der Waals surface area contributed by atoms with Gasteiger partial charge in [0.15, 0.2) is 0 Å². The zero-order valence-electron chi connectivity index (χ0n) is 16.7. The minimum absolute atomic E-state index is 0.119. The zero-order valence-corrected chi connectivity index (χ0v) is 19.4. The molecule has 0 amide bonds. The maximum atomic E-state index is 11.9. The Morgan fingerprint density at radius 1 is 1.14 bits per heavy atom. The molecule has 1 fully saturated rings. The molecule has 3 heterocycles. The van der Waals surface area contributed by atoms with Gasteiger partial charge in [0, 0.05) is 11.5 Å². The number of aliphatic hydroxyl groups is 2. The second-order valence-corrected chi connectivity index (χ2v) is 11.2. The van der Waals surface area contributed by atoms with Crippen LogP contribution in [-0.2, 0) is 37.2 Å². The molecule has 2 aromatic rings. The number of aliphatic hydroxyl groups excluding tert-OH is 2. The average Bonchev–Trinajstić information content (AvgIpc) is 2.94. The van der Waals surface area contributed by atoms with Gasteiger partial charge in [0.2, 0.25) is 11.5 Å². The molecular weight excluding hydrogens is 545 g/mol. The number of nitrogens with one attached hydrogen (secondary N) is 1. The molecule has 0 bridgehead atoms. The van der Waals surface area contributed by atoms with E-state index in [-0.39, 0.29) is 10.8 Å². The fourth-order valence-electron chi connectivity index (χ4n) is 3.12. The maximum Gasteiger partial charge on any atom is 0.490 e. The van der Waals surface area contributed by atoms with E-state index < -0.39 is 71.1 Å². The molecule has 0 aliphatic carbocycles. The summed E-state index contributed by atoms with van der Waals surface area (Å²) in [6, 6.07) is 2.45. The largest absolute Gasteiger partial charge is 0.494 e. The number of nitrogens with zero attached hydrogens (tertiary/aromatic N) is 3. The molecule has 22 heteroatoms. The lowest BCUT2D eigenvalue weighted by Gasteiger charge is -2.24. The lowest BCUT2D eigenvalue weighted by molar-refractivity contribution is -0.0621. The number of nitriles is 1. The Morgan fingerprint density at radius 2 is 1.80 bits per heavy atom. The van der Waals surface area contributed by atoms with Crippen molar-refractivity contribution in [3.8, 4) is 11.9 Å². The third-order valence-corrected chi connectivity index (χ3v) is 8.26. The van der Waals surface area contributed by atoms with Crippen LogP contribution in [0.15, 0.2) is 17.1 Å². The van der Waals surface area contributed by atoms with Gasteiger partial charge >= 0.3 is 23.5 Å². The van der Waals surface area contributed by atoms with Crippen LogP contribution in [0.2, 0.25) is 0 Å². The Morgan fingerprint density at radius 3 is 2.40 bits per heavy atom. The maximum absolute atomic E-state index is 11.9. The van der Waals surface area contributed by atoms with Gasteiger partial charge in [0.1, 0.15) is 30.1 Å². The van der Waals surface area contributed by atoms with Crippen molar-refractivity contribution < 1.29 is 66.5 Å². The molecule has 2 aromatic heterocycles. The van der Waals surface area contributed by atoms with Gasteiger partial charge in [0.25, 0.3) is 5.56 Å². The van der Waals surface area contributed by atoms with E-state index in [1.807, 2.05) is 0 Å². The number of phosphoric acid groups is 3. The molecule has 192 valence electrons.